The van der Waals surface area contributed by atoms with Crippen LogP contribution in [0.2, 0.25) is 0 Å². The van der Waals surface area contributed by atoms with Gasteiger partial charge < -0.3 is 9.47 Å². The van der Waals surface area contributed by atoms with E-state index >= 15 is 0 Å². The van der Waals surface area contributed by atoms with Gasteiger partial charge in [-0.05, 0) is 6.92 Å². The smallest absolute Gasteiger partial charge is 0.350 e. The quantitative estimate of drug-likeness (QED) is 0.727. The average molecular weight is 272 g/mol. The number of benzene rings is 1. The van der Waals surface area contributed by atoms with Gasteiger partial charge in [-0.3, -0.25) is 9.59 Å². The Labute approximate surface area is 115 Å². The number of esters is 1. The number of allylic oxidation sites excluding steroid dienone is 1. The van der Waals surface area contributed by atoms with Crippen LogP contribution in [0, 0.1) is 0 Å². The molecule has 1 aliphatic heterocycles. The third-order valence-electron chi connectivity index (χ3n) is 3.63. The molecule has 0 fully saturated rings. The van der Waals surface area contributed by atoms with Crippen molar-refractivity contribution in [3.63, 3.8) is 0 Å². The maximum atomic E-state index is 12.4. The predicted molar refractivity (Wildman–Crippen MR) is 68.3 cm³/mol. The summed E-state index contributed by atoms with van der Waals surface area (Å²) in [6.45, 7) is 1.52. The van der Waals surface area contributed by atoms with Gasteiger partial charge in [0.05, 0.1) is 12.7 Å². The predicted octanol–water partition coefficient (Wildman–Crippen LogP) is 1.67. The molecule has 3 rings (SSSR count). The summed E-state index contributed by atoms with van der Waals surface area (Å²) in [4.78, 5) is 36.5. The molecule has 2 aliphatic rings. The summed E-state index contributed by atoms with van der Waals surface area (Å²) in [6.07, 6.45) is 0.0495. The van der Waals surface area contributed by atoms with Gasteiger partial charge in [0, 0.05) is 17.5 Å². The Bertz CT molecular complexity index is 636. The standard InChI is InChI=1S/C15H12O5/c1-15(14(18)19-2)7-10-11(16)8-5-3-4-6-9(8)12(17)13(10)20-15/h3-6H,7H2,1-2H3. The first-order valence-electron chi connectivity index (χ1n) is 6.17. The SMILES string of the molecule is COC(=O)C1(C)CC2=C(O1)C(=O)c1ccccc1C2=O. The van der Waals surface area contributed by atoms with E-state index in [1.807, 2.05) is 0 Å². The van der Waals surface area contributed by atoms with Crippen LogP contribution in [0.25, 0.3) is 0 Å². The van der Waals surface area contributed by atoms with E-state index in [-0.39, 0.29) is 29.3 Å². The van der Waals surface area contributed by atoms with E-state index in [2.05, 4.69) is 4.74 Å². The Morgan fingerprint density at radius 1 is 1.20 bits per heavy atom. The minimum absolute atomic E-state index is 0.0263. The molecule has 20 heavy (non-hydrogen) atoms. The molecule has 0 N–H and O–H groups in total. The average Bonchev–Trinajstić information content (AvgIpc) is 2.83. The largest absolute Gasteiger partial charge is 0.471 e. The highest BCUT2D eigenvalue weighted by Gasteiger charge is 2.50. The molecule has 1 aromatic carbocycles. The fraction of sp³-hybridized carbons (Fsp3) is 0.267. The Morgan fingerprint density at radius 2 is 1.80 bits per heavy atom. The van der Waals surface area contributed by atoms with Gasteiger partial charge in [0.15, 0.2) is 11.5 Å². The molecule has 0 bridgehead atoms. The molecule has 0 amide bonds. The molecule has 1 atom stereocenters. The zero-order valence-electron chi connectivity index (χ0n) is 11.1. The fourth-order valence-electron chi connectivity index (χ4n) is 2.60. The maximum Gasteiger partial charge on any atom is 0.350 e. The number of rotatable bonds is 1. The van der Waals surface area contributed by atoms with Gasteiger partial charge in [-0.25, -0.2) is 4.79 Å². The third-order valence-corrected chi connectivity index (χ3v) is 3.63. The van der Waals surface area contributed by atoms with Crippen LogP contribution in [-0.2, 0) is 14.3 Å². The van der Waals surface area contributed by atoms with Crippen molar-refractivity contribution < 1.29 is 23.9 Å². The summed E-state index contributed by atoms with van der Waals surface area (Å²) in [6, 6.07) is 6.57. The summed E-state index contributed by atoms with van der Waals surface area (Å²) >= 11 is 0. The van der Waals surface area contributed by atoms with Crippen LogP contribution in [0.3, 0.4) is 0 Å². The van der Waals surface area contributed by atoms with E-state index in [1.165, 1.54) is 14.0 Å². The highest BCUT2D eigenvalue weighted by Crippen LogP contribution is 2.41. The van der Waals surface area contributed by atoms with Crippen LogP contribution < -0.4 is 0 Å². The van der Waals surface area contributed by atoms with Crippen LogP contribution in [0.5, 0.6) is 0 Å². The van der Waals surface area contributed by atoms with E-state index in [9.17, 15) is 14.4 Å². The number of methoxy groups -OCH3 is 1. The van der Waals surface area contributed by atoms with Gasteiger partial charge in [-0.1, -0.05) is 24.3 Å². The summed E-state index contributed by atoms with van der Waals surface area (Å²) in [7, 11) is 1.24. The molecule has 1 unspecified atom stereocenters. The van der Waals surface area contributed by atoms with E-state index in [4.69, 9.17) is 4.74 Å². The number of hydrogen-bond acceptors (Lipinski definition) is 5. The molecule has 1 aliphatic carbocycles. The van der Waals surface area contributed by atoms with Crippen LogP contribution in [0.15, 0.2) is 35.6 Å². The zero-order valence-corrected chi connectivity index (χ0v) is 11.1. The second-order valence-corrected chi connectivity index (χ2v) is 5.01. The molecule has 0 saturated heterocycles. The summed E-state index contributed by atoms with van der Waals surface area (Å²) in [5.74, 6) is -1.25. The summed E-state index contributed by atoms with van der Waals surface area (Å²) in [5, 5.41) is 0. The number of ketones is 2. The van der Waals surface area contributed by atoms with Crippen molar-refractivity contribution >= 4 is 17.5 Å². The highest BCUT2D eigenvalue weighted by atomic mass is 16.6. The number of fused-ring (bicyclic) bond motifs is 1. The van der Waals surface area contributed by atoms with Gasteiger partial charge in [-0.15, -0.1) is 0 Å². The molecule has 0 aromatic heterocycles. The first kappa shape index (κ1) is 12.6. The molecule has 0 radical (unpaired) electrons. The molecule has 5 nitrogen and oxygen atoms in total. The minimum Gasteiger partial charge on any atom is -0.471 e. The molecular weight excluding hydrogens is 260 g/mol. The lowest BCUT2D eigenvalue weighted by molar-refractivity contribution is -0.159. The topological polar surface area (TPSA) is 69.7 Å². The second kappa shape index (κ2) is 4.03. The van der Waals surface area contributed by atoms with Gasteiger partial charge in [0.25, 0.3) is 0 Å². The normalized spacial score (nSPS) is 24.1. The van der Waals surface area contributed by atoms with Gasteiger partial charge in [0.2, 0.25) is 11.4 Å². The molecule has 1 aromatic rings. The minimum atomic E-state index is -1.31. The fourth-order valence-corrected chi connectivity index (χ4v) is 2.60. The Hall–Kier alpha value is -2.43. The van der Waals surface area contributed by atoms with Crippen molar-refractivity contribution in [1.29, 1.82) is 0 Å². The van der Waals surface area contributed by atoms with Gasteiger partial charge >= 0.3 is 5.97 Å². The number of hydrogen-bond donors (Lipinski definition) is 0. The molecular formula is C15H12O5. The zero-order chi connectivity index (χ0) is 14.5. The Balaban J connectivity index is 2.07. The van der Waals surface area contributed by atoms with Gasteiger partial charge in [0.1, 0.15) is 0 Å². The lowest BCUT2D eigenvalue weighted by atomic mass is 9.85. The third kappa shape index (κ3) is 1.52. The lowest BCUT2D eigenvalue weighted by Crippen LogP contribution is -2.36. The molecule has 0 spiro atoms. The van der Waals surface area contributed by atoms with Crippen molar-refractivity contribution in [2.75, 3.05) is 7.11 Å². The van der Waals surface area contributed by atoms with Gasteiger partial charge in [-0.2, -0.15) is 0 Å². The van der Waals surface area contributed by atoms with Crippen molar-refractivity contribution in [2.24, 2.45) is 0 Å². The number of ether oxygens (including phenoxy) is 2. The van der Waals surface area contributed by atoms with Crippen molar-refractivity contribution in [2.45, 2.75) is 18.9 Å². The molecule has 0 saturated carbocycles. The summed E-state index contributed by atoms with van der Waals surface area (Å²) in [5.41, 5.74) is -0.395. The Morgan fingerprint density at radius 3 is 2.40 bits per heavy atom. The van der Waals surface area contributed by atoms with E-state index < -0.39 is 11.6 Å². The van der Waals surface area contributed by atoms with E-state index in [0.717, 1.165) is 0 Å². The number of Topliss-reactive ketones (excluding diaryl/α,β-unsaturated/α-hetero) is 2. The summed E-state index contributed by atoms with van der Waals surface area (Å²) < 4.78 is 10.2. The van der Waals surface area contributed by atoms with E-state index in [1.54, 1.807) is 24.3 Å². The Kier molecular flexibility index (Phi) is 2.54. The van der Waals surface area contributed by atoms with E-state index in [0.29, 0.717) is 11.1 Å². The molecule has 102 valence electrons. The number of carbonyl (C=O) groups excluding carboxylic acids is 3. The first-order chi connectivity index (χ1) is 9.48. The van der Waals surface area contributed by atoms with Crippen LogP contribution in [0.1, 0.15) is 34.1 Å². The van der Waals surface area contributed by atoms with Crippen molar-refractivity contribution in [1.82, 2.24) is 0 Å². The van der Waals surface area contributed by atoms with Crippen LogP contribution in [-0.4, -0.2) is 30.2 Å². The molecule has 1 heterocycles. The first-order valence-corrected chi connectivity index (χ1v) is 6.17. The highest BCUT2D eigenvalue weighted by molar-refractivity contribution is 6.27. The van der Waals surface area contributed by atoms with Crippen molar-refractivity contribution in [3.8, 4) is 0 Å². The lowest BCUT2D eigenvalue weighted by Gasteiger charge is -2.21. The van der Waals surface area contributed by atoms with Crippen LogP contribution >= 0.6 is 0 Å². The van der Waals surface area contributed by atoms with Crippen molar-refractivity contribution in [3.05, 3.63) is 46.7 Å². The maximum absolute atomic E-state index is 12.4. The van der Waals surface area contributed by atoms with Crippen LogP contribution in [0.4, 0.5) is 0 Å². The second-order valence-electron chi connectivity index (χ2n) is 5.01. The number of carbonyl (C=O) groups is 3. The molecule has 5 heteroatoms. The monoisotopic (exact) mass is 272 g/mol.